The maximum Gasteiger partial charge on any atom is 0.0702 e. The molecule has 3 aromatic rings. The Balaban J connectivity index is 2.04. The Morgan fingerprint density at radius 2 is 1.79 bits per heavy atom. The average molecular weight is 314 g/mol. The Hall–Kier alpha value is -1.78. The fourth-order valence-corrected chi connectivity index (χ4v) is 2.43. The van der Waals surface area contributed by atoms with E-state index in [1.54, 1.807) is 12.4 Å². The quantitative estimate of drug-likeness (QED) is 0.788. The molecule has 3 nitrogen and oxygen atoms in total. The molecular formula is C15H12BrN3. The van der Waals surface area contributed by atoms with Crippen LogP contribution in [0.2, 0.25) is 0 Å². The van der Waals surface area contributed by atoms with Gasteiger partial charge in [0.2, 0.25) is 0 Å². The summed E-state index contributed by atoms with van der Waals surface area (Å²) in [5.74, 6) is 0. The zero-order valence-electron chi connectivity index (χ0n) is 10.1. The maximum absolute atomic E-state index is 6.28. The van der Waals surface area contributed by atoms with Crippen molar-refractivity contribution in [3.8, 4) is 0 Å². The first-order valence-corrected chi connectivity index (χ1v) is 6.74. The number of rotatable bonds is 2. The lowest BCUT2D eigenvalue weighted by Crippen LogP contribution is -2.12. The van der Waals surface area contributed by atoms with Crippen molar-refractivity contribution in [1.29, 1.82) is 0 Å². The zero-order chi connectivity index (χ0) is 13.2. The highest BCUT2D eigenvalue weighted by Gasteiger charge is 2.10. The van der Waals surface area contributed by atoms with Crippen LogP contribution in [0, 0.1) is 0 Å². The van der Waals surface area contributed by atoms with Crippen LogP contribution in [0.5, 0.6) is 0 Å². The average Bonchev–Trinajstić information content (AvgIpc) is 2.46. The Morgan fingerprint density at radius 1 is 1.00 bits per heavy atom. The molecule has 0 aliphatic carbocycles. The van der Waals surface area contributed by atoms with Crippen LogP contribution in [0.4, 0.5) is 0 Å². The Morgan fingerprint density at radius 3 is 2.63 bits per heavy atom. The van der Waals surface area contributed by atoms with Gasteiger partial charge in [0, 0.05) is 28.4 Å². The van der Waals surface area contributed by atoms with Gasteiger partial charge in [-0.25, -0.2) is 0 Å². The number of para-hydroxylation sites is 1. The fraction of sp³-hybridized carbons (Fsp3) is 0.0667. The van der Waals surface area contributed by atoms with Crippen LogP contribution in [-0.2, 0) is 0 Å². The molecule has 2 heterocycles. The summed E-state index contributed by atoms with van der Waals surface area (Å²) in [5, 5.41) is 1.10. The second kappa shape index (κ2) is 5.07. The van der Waals surface area contributed by atoms with E-state index in [1.165, 1.54) is 0 Å². The van der Waals surface area contributed by atoms with Crippen LogP contribution in [0.3, 0.4) is 0 Å². The highest BCUT2D eigenvalue weighted by atomic mass is 79.9. The highest BCUT2D eigenvalue weighted by Crippen LogP contribution is 2.23. The van der Waals surface area contributed by atoms with Gasteiger partial charge in [-0.1, -0.05) is 18.2 Å². The number of aromatic nitrogens is 2. The molecule has 0 amide bonds. The first-order chi connectivity index (χ1) is 9.24. The van der Waals surface area contributed by atoms with E-state index in [4.69, 9.17) is 5.73 Å². The molecule has 0 saturated heterocycles. The second-order valence-electron chi connectivity index (χ2n) is 4.38. The molecule has 0 aliphatic heterocycles. The van der Waals surface area contributed by atoms with E-state index in [0.717, 1.165) is 26.5 Å². The molecule has 0 fully saturated rings. The van der Waals surface area contributed by atoms with Gasteiger partial charge >= 0.3 is 0 Å². The largest absolute Gasteiger partial charge is 0.320 e. The number of halogens is 1. The third kappa shape index (κ3) is 2.50. The van der Waals surface area contributed by atoms with Crippen molar-refractivity contribution in [2.24, 2.45) is 5.73 Å². The molecule has 94 valence electrons. The van der Waals surface area contributed by atoms with Gasteiger partial charge in [0.15, 0.2) is 0 Å². The van der Waals surface area contributed by atoms with Gasteiger partial charge in [0.05, 0.1) is 11.6 Å². The van der Waals surface area contributed by atoms with Crippen molar-refractivity contribution in [1.82, 2.24) is 9.97 Å². The monoisotopic (exact) mass is 313 g/mol. The highest BCUT2D eigenvalue weighted by molar-refractivity contribution is 9.10. The van der Waals surface area contributed by atoms with Gasteiger partial charge in [-0.05, 0) is 45.3 Å². The molecule has 1 aromatic carbocycles. The van der Waals surface area contributed by atoms with E-state index >= 15 is 0 Å². The van der Waals surface area contributed by atoms with Gasteiger partial charge in [0.25, 0.3) is 0 Å². The molecule has 0 bridgehead atoms. The summed E-state index contributed by atoms with van der Waals surface area (Å²) in [6.45, 7) is 0. The predicted molar refractivity (Wildman–Crippen MR) is 79.7 cm³/mol. The lowest BCUT2D eigenvalue weighted by Gasteiger charge is -2.12. The van der Waals surface area contributed by atoms with Crippen LogP contribution >= 0.6 is 15.9 Å². The third-order valence-corrected chi connectivity index (χ3v) is 3.49. The molecule has 1 unspecified atom stereocenters. The van der Waals surface area contributed by atoms with Gasteiger partial charge in [-0.2, -0.15) is 0 Å². The molecule has 1 atom stereocenters. The molecule has 0 spiro atoms. The zero-order valence-corrected chi connectivity index (χ0v) is 11.7. The fourth-order valence-electron chi connectivity index (χ4n) is 2.05. The number of hydrogen-bond donors (Lipinski definition) is 1. The first-order valence-electron chi connectivity index (χ1n) is 5.95. The van der Waals surface area contributed by atoms with Crippen molar-refractivity contribution in [2.45, 2.75) is 6.04 Å². The van der Waals surface area contributed by atoms with E-state index in [9.17, 15) is 0 Å². The van der Waals surface area contributed by atoms with E-state index in [0.29, 0.717) is 0 Å². The van der Waals surface area contributed by atoms with Crippen molar-refractivity contribution >= 4 is 26.8 Å². The summed E-state index contributed by atoms with van der Waals surface area (Å²) in [4.78, 5) is 8.58. The van der Waals surface area contributed by atoms with Crippen molar-refractivity contribution in [3.05, 3.63) is 70.6 Å². The van der Waals surface area contributed by atoms with Crippen molar-refractivity contribution < 1.29 is 0 Å². The van der Waals surface area contributed by atoms with Gasteiger partial charge in [-0.3, -0.25) is 9.97 Å². The number of nitrogens with two attached hydrogens (primary N) is 1. The summed E-state index contributed by atoms with van der Waals surface area (Å²) < 4.78 is 0.925. The lowest BCUT2D eigenvalue weighted by atomic mass is 10.0. The normalized spacial score (nSPS) is 12.5. The molecular weight excluding hydrogens is 302 g/mol. The minimum Gasteiger partial charge on any atom is -0.320 e. The third-order valence-electron chi connectivity index (χ3n) is 3.06. The summed E-state index contributed by atoms with van der Waals surface area (Å²) in [5.41, 5.74) is 9.20. The predicted octanol–water partition coefficient (Wildman–Crippen LogP) is 3.44. The Kier molecular flexibility index (Phi) is 3.27. The smallest absolute Gasteiger partial charge is 0.0702 e. The van der Waals surface area contributed by atoms with E-state index in [-0.39, 0.29) is 6.04 Å². The number of nitrogens with zero attached hydrogens (tertiary/aromatic N) is 2. The summed E-state index contributed by atoms with van der Waals surface area (Å²) >= 11 is 3.41. The number of benzene rings is 1. The molecule has 3 rings (SSSR count). The topological polar surface area (TPSA) is 51.8 Å². The lowest BCUT2D eigenvalue weighted by molar-refractivity contribution is 0.857. The Bertz CT molecular complexity index is 727. The first kappa shape index (κ1) is 12.3. The van der Waals surface area contributed by atoms with Crippen LogP contribution in [0.15, 0.2) is 59.5 Å². The molecule has 19 heavy (non-hydrogen) atoms. The second-order valence-corrected chi connectivity index (χ2v) is 5.29. The van der Waals surface area contributed by atoms with E-state index < -0.39 is 0 Å². The minimum atomic E-state index is -0.220. The van der Waals surface area contributed by atoms with Crippen LogP contribution in [-0.4, -0.2) is 9.97 Å². The van der Waals surface area contributed by atoms with Crippen molar-refractivity contribution in [3.63, 3.8) is 0 Å². The molecule has 2 aromatic heterocycles. The summed E-state index contributed by atoms with van der Waals surface area (Å²) in [6, 6.07) is 11.8. The molecule has 4 heteroatoms. The minimum absolute atomic E-state index is 0.220. The van der Waals surface area contributed by atoms with Crippen molar-refractivity contribution in [2.75, 3.05) is 0 Å². The molecule has 2 N–H and O–H groups in total. The summed E-state index contributed by atoms with van der Waals surface area (Å²) in [7, 11) is 0. The standard InChI is InChI=1S/C15H12BrN3/c16-13-6-12(7-18-9-13)15(17)11-5-10-3-1-2-4-14(10)19-8-11/h1-9,15H,17H2. The number of hydrogen-bond acceptors (Lipinski definition) is 3. The number of pyridine rings is 2. The number of fused-ring (bicyclic) bond motifs is 1. The molecule has 0 saturated carbocycles. The van der Waals surface area contributed by atoms with Crippen LogP contribution < -0.4 is 5.73 Å². The summed E-state index contributed by atoms with van der Waals surface area (Å²) in [6.07, 6.45) is 5.35. The van der Waals surface area contributed by atoms with Crippen LogP contribution in [0.1, 0.15) is 17.2 Å². The van der Waals surface area contributed by atoms with Gasteiger partial charge in [-0.15, -0.1) is 0 Å². The Labute approximate surface area is 119 Å². The maximum atomic E-state index is 6.28. The molecule has 0 radical (unpaired) electrons. The van der Waals surface area contributed by atoms with Gasteiger partial charge in [0.1, 0.15) is 0 Å². The molecule has 0 aliphatic rings. The van der Waals surface area contributed by atoms with E-state index in [1.807, 2.05) is 36.5 Å². The van der Waals surface area contributed by atoms with E-state index in [2.05, 4.69) is 32.0 Å². The van der Waals surface area contributed by atoms with Crippen LogP contribution in [0.25, 0.3) is 10.9 Å². The SMILES string of the molecule is NC(c1cncc(Br)c1)c1cnc2ccccc2c1. The van der Waals surface area contributed by atoms with Gasteiger partial charge < -0.3 is 5.73 Å².